The molecule has 2 heteroatoms. The van der Waals surface area contributed by atoms with Gasteiger partial charge in [-0.15, -0.1) is 0 Å². The van der Waals surface area contributed by atoms with Crippen LogP contribution in [-0.2, 0) is 0 Å². The average molecular weight is 203 g/mol. The van der Waals surface area contributed by atoms with Crippen LogP contribution in [0.5, 0.6) is 5.75 Å². The Labute approximate surface area is 90.3 Å². The molecule has 0 saturated carbocycles. The van der Waals surface area contributed by atoms with Gasteiger partial charge in [-0.3, -0.25) is 0 Å². The van der Waals surface area contributed by atoms with E-state index in [1.54, 1.807) is 0 Å². The standard InChI is InChI=1S/C13H17NO/c1-10(2)6-8-15-12-3-4-13-11(9-12)5-7-14-13/h3-5,7,9-10,14H,6,8H2,1-2H3. The smallest absolute Gasteiger partial charge is 0.120 e. The highest BCUT2D eigenvalue weighted by Gasteiger charge is 1.99. The van der Waals surface area contributed by atoms with Crippen molar-refractivity contribution in [1.82, 2.24) is 4.98 Å². The fraction of sp³-hybridized carbons (Fsp3) is 0.385. The first-order valence-corrected chi connectivity index (χ1v) is 5.45. The topological polar surface area (TPSA) is 25.0 Å². The summed E-state index contributed by atoms with van der Waals surface area (Å²) < 4.78 is 5.68. The van der Waals surface area contributed by atoms with Crippen molar-refractivity contribution >= 4 is 10.9 Å². The first-order chi connectivity index (χ1) is 7.25. The number of aromatic nitrogens is 1. The van der Waals surface area contributed by atoms with E-state index >= 15 is 0 Å². The monoisotopic (exact) mass is 203 g/mol. The fourth-order valence-electron chi connectivity index (χ4n) is 1.53. The lowest BCUT2D eigenvalue weighted by molar-refractivity contribution is 0.290. The Kier molecular flexibility index (Phi) is 2.95. The zero-order chi connectivity index (χ0) is 10.7. The van der Waals surface area contributed by atoms with Crippen molar-refractivity contribution in [2.75, 3.05) is 6.61 Å². The molecule has 0 radical (unpaired) electrons. The minimum absolute atomic E-state index is 0.695. The maximum absolute atomic E-state index is 5.68. The summed E-state index contributed by atoms with van der Waals surface area (Å²) in [7, 11) is 0. The zero-order valence-corrected chi connectivity index (χ0v) is 9.29. The largest absolute Gasteiger partial charge is 0.494 e. The second kappa shape index (κ2) is 4.39. The molecule has 0 bridgehead atoms. The third-order valence-electron chi connectivity index (χ3n) is 2.49. The Morgan fingerprint density at radius 1 is 1.27 bits per heavy atom. The van der Waals surface area contributed by atoms with E-state index in [1.165, 1.54) is 5.39 Å². The Morgan fingerprint density at radius 3 is 2.93 bits per heavy atom. The number of H-pyrrole nitrogens is 1. The van der Waals surface area contributed by atoms with Gasteiger partial charge in [-0.2, -0.15) is 0 Å². The quantitative estimate of drug-likeness (QED) is 0.807. The molecule has 2 aromatic rings. The molecule has 0 aliphatic heterocycles. The van der Waals surface area contributed by atoms with Crippen LogP contribution in [0, 0.1) is 5.92 Å². The molecule has 1 aromatic carbocycles. The van der Waals surface area contributed by atoms with Gasteiger partial charge in [-0.05, 0) is 36.6 Å². The van der Waals surface area contributed by atoms with Crippen LogP contribution in [0.25, 0.3) is 10.9 Å². The summed E-state index contributed by atoms with van der Waals surface area (Å²) >= 11 is 0. The maximum atomic E-state index is 5.68. The molecule has 0 amide bonds. The van der Waals surface area contributed by atoms with Crippen LogP contribution in [0.1, 0.15) is 20.3 Å². The van der Waals surface area contributed by atoms with E-state index < -0.39 is 0 Å². The molecule has 0 atom stereocenters. The highest BCUT2D eigenvalue weighted by atomic mass is 16.5. The molecule has 2 nitrogen and oxygen atoms in total. The molecule has 1 heterocycles. The lowest BCUT2D eigenvalue weighted by Crippen LogP contribution is -2.00. The van der Waals surface area contributed by atoms with Gasteiger partial charge in [0, 0.05) is 17.1 Å². The number of hydrogen-bond acceptors (Lipinski definition) is 1. The molecule has 15 heavy (non-hydrogen) atoms. The van der Waals surface area contributed by atoms with Gasteiger partial charge in [-0.1, -0.05) is 13.8 Å². The average Bonchev–Trinajstić information content (AvgIpc) is 2.64. The number of nitrogens with one attached hydrogen (secondary N) is 1. The van der Waals surface area contributed by atoms with E-state index in [-0.39, 0.29) is 0 Å². The molecule has 2 rings (SSSR count). The van der Waals surface area contributed by atoms with Crippen LogP contribution < -0.4 is 4.74 Å². The van der Waals surface area contributed by atoms with E-state index in [1.807, 2.05) is 12.3 Å². The fourth-order valence-corrected chi connectivity index (χ4v) is 1.53. The van der Waals surface area contributed by atoms with Crippen LogP contribution in [0.15, 0.2) is 30.5 Å². The van der Waals surface area contributed by atoms with Crippen LogP contribution in [0.4, 0.5) is 0 Å². The summed E-state index contributed by atoms with van der Waals surface area (Å²) in [4.78, 5) is 3.17. The maximum Gasteiger partial charge on any atom is 0.120 e. The highest BCUT2D eigenvalue weighted by Crippen LogP contribution is 2.19. The van der Waals surface area contributed by atoms with Gasteiger partial charge in [0.1, 0.15) is 5.75 Å². The van der Waals surface area contributed by atoms with Gasteiger partial charge in [0.15, 0.2) is 0 Å². The number of ether oxygens (including phenoxy) is 1. The van der Waals surface area contributed by atoms with Gasteiger partial charge in [0.2, 0.25) is 0 Å². The van der Waals surface area contributed by atoms with E-state index in [2.05, 4.69) is 37.0 Å². The van der Waals surface area contributed by atoms with Crippen LogP contribution >= 0.6 is 0 Å². The molecule has 0 unspecified atom stereocenters. The van der Waals surface area contributed by atoms with Crippen molar-refractivity contribution in [3.8, 4) is 5.75 Å². The SMILES string of the molecule is CC(C)CCOc1ccc2[nH]ccc2c1. The van der Waals surface area contributed by atoms with Gasteiger partial charge in [0.05, 0.1) is 6.61 Å². The van der Waals surface area contributed by atoms with Gasteiger partial charge in [0.25, 0.3) is 0 Å². The normalized spacial score (nSPS) is 11.1. The van der Waals surface area contributed by atoms with Crippen LogP contribution in [0.2, 0.25) is 0 Å². The summed E-state index contributed by atoms with van der Waals surface area (Å²) in [6.45, 7) is 5.21. The minimum Gasteiger partial charge on any atom is -0.494 e. The first kappa shape index (κ1) is 10.1. The highest BCUT2D eigenvalue weighted by molar-refractivity contribution is 5.80. The molecular weight excluding hydrogens is 186 g/mol. The van der Waals surface area contributed by atoms with Gasteiger partial charge < -0.3 is 9.72 Å². The second-order valence-electron chi connectivity index (χ2n) is 4.26. The Bertz CT molecular complexity index is 431. The summed E-state index contributed by atoms with van der Waals surface area (Å²) in [6, 6.07) is 8.20. The number of rotatable bonds is 4. The van der Waals surface area contributed by atoms with Crippen molar-refractivity contribution < 1.29 is 4.74 Å². The Hall–Kier alpha value is -1.44. The molecule has 0 aliphatic carbocycles. The van der Waals surface area contributed by atoms with Gasteiger partial charge >= 0.3 is 0 Å². The third kappa shape index (κ3) is 2.52. The molecule has 1 aromatic heterocycles. The van der Waals surface area contributed by atoms with Crippen molar-refractivity contribution in [3.63, 3.8) is 0 Å². The molecule has 0 fully saturated rings. The zero-order valence-electron chi connectivity index (χ0n) is 9.29. The third-order valence-corrected chi connectivity index (χ3v) is 2.49. The Balaban J connectivity index is 2.02. The van der Waals surface area contributed by atoms with Crippen molar-refractivity contribution in [1.29, 1.82) is 0 Å². The van der Waals surface area contributed by atoms with Crippen molar-refractivity contribution in [2.24, 2.45) is 5.92 Å². The molecular formula is C13H17NO. The Morgan fingerprint density at radius 2 is 2.13 bits per heavy atom. The molecule has 80 valence electrons. The molecule has 0 aliphatic rings. The van der Waals surface area contributed by atoms with Crippen molar-refractivity contribution in [3.05, 3.63) is 30.5 Å². The number of aromatic amines is 1. The lowest BCUT2D eigenvalue weighted by atomic mass is 10.1. The molecule has 0 spiro atoms. The summed E-state index contributed by atoms with van der Waals surface area (Å²) in [5, 5.41) is 1.21. The predicted octanol–water partition coefficient (Wildman–Crippen LogP) is 3.59. The van der Waals surface area contributed by atoms with E-state index in [0.29, 0.717) is 5.92 Å². The number of fused-ring (bicyclic) bond motifs is 1. The second-order valence-corrected chi connectivity index (χ2v) is 4.26. The lowest BCUT2D eigenvalue weighted by Gasteiger charge is -2.07. The van der Waals surface area contributed by atoms with Crippen molar-refractivity contribution in [2.45, 2.75) is 20.3 Å². The first-order valence-electron chi connectivity index (χ1n) is 5.45. The van der Waals surface area contributed by atoms with E-state index in [0.717, 1.165) is 24.3 Å². The number of benzene rings is 1. The minimum atomic E-state index is 0.695. The predicted molar refractivity (Wildman–Crippen MR) is 63.2 cm³/mol. The van der Waals surface area contributed by atoms with Gasteiger partial charge in [-0.25, -0.2) is 0 Å². The molecule has 0 saturated heterocycles. The number of hydrogen-bond donors (Lipinski definition) is 1. The van der Waals surface area contributed by atoms with Crippen LogP contribution in [0.3, 0.4) is 0 Å². The summed E-state index contributed by atoms with van der Waals surface area (Å²) in [5.74, 6) is 1.66. The summed E-state index contributed by atoms with van der Waals surface area (Å²) in [6.07, 6.45) is 3.05. The summed E-state index contributed by atoms with van der Waals surface area (Å²) in [5.41, 5.74) is 1.16. The van der Waals surface area contributed by atoms with E-state index in [4.69, 9.17) is 4.74 Å². The van der Waals surface area contributed by atoms with E-state index in [9.17, 15) is 0 Å². The molecule has 1 N–H and O–H groups in total. The van der Waals surface area contributed by atoms with Crippen LogP contribution in [-0.4, -0.2) is 11.6 Å².